The number of ether oxygens (including phenoxy) is 1. The van der Waals surface area contributed by atoms with Crippen LogP contribution in [0.1, 0.15) is 57.9 Å². The molecular formula is C48H30N8O14S. The van der Waals surface area contributed by atoms with Gasteiger partial charge in [0.15, 0.2) is 0 Å². The highest BCUT2D eigenvalue weighted by molar-refractivity contribution is 7.91. The van der Waals surface area contributed by atoms with Gasteiger partial charge in [-0.3, -0.25) is 51.3 Å². The molecule has 0 amide bonds. The third kappa shape index (κ3) is 9.42. The molecule has 0 radical (unpaired) electrons. The number of sulfone groups is 1. The summed E-state index contributed by atoms with van der Waals surface area (Å²) in [6, 6.07) is 23.1. The van der Waals surface area contributed by atoms with Crippen LogP contribution >= 0.6 is 0 Å². The average Bonchev–Trinajstić information content (AvgIpc) is 3.84. The number of nitrogens with zero attached hydrogens (tertiary/aromatic N) is 6. The first-order valence-electron chi connectivity index (χ1n) is 20.8. The number of hydrogen-bond acceptors (Lipinski definition) is 17. The van der Waals surface area contributed by atoms with Crippen molar-refractivity contribution in [3.05, 3.63) is 183 Å². The maximum Gasteiger partial charge on any atom is 0.382 e. The van der Waals surface area contributed by atoms with Crippen molar-refractivity contribution in [2.45, 2.75) is 29.6 Å². The van der Waals surface area contributed by atoms with Crippen LogP contribution in [0.5, 0.6) is 0 Å². The van der Waals surface area contributed by atoms with Crippen LogP contribution in [0, 0.1) is 64.1 Å². The molecule has 0 saturated heterocycles. The van der Waals surface area contributed by atoms with Crippen LogP contribution in [0.15, 0.2) is 129 Å². The summed E-state index contributed by atoms with van der Waals surface area (Å²) < 4.78 is 33.0. The highest BCUT2D eigenvalue weighted by Gasteiger charge is 2.35. The molecule has 0 saturated carbocycles. The average molecular weight is 975 g/mol. The third-order valence-corrected chi connectivity index (χ3v) is 12.7. The lowest BCUT2D eigenvalue weighted by Gasteiger charge is -2.10. The van der Waals surface area contributed by atoms with E-state index in [2.05, 4.69) is 38.8 Å². The van der Waals surface area contributed by atoms with Crippen molar-refractivity contribution >= 4 is 67.3 Å². The molecule has 0 aliphatic heterocycles. The molecule has 0 bridgehead atoms. The minimum Gasteiger partial charge on any atom is -0.472 e. The smallest absolute Gasteiger partial charge is 0.382 e. The molecule has 0 spiro atoms. The zero-order chi connectivity index (χ0) is 50.7. The zero-order valence-electron chi connectivity index (χ0n) is 36.4. The topological polar surface area (TPSA) is 319 Å². The second kappa shape index (κ2) is 19.2. The first-order valence-corrected chi connectivity index (χ1v) is 22.2. The van der Waals surface area contributed by atoms with Crippen molar-refractivity contribution < 1.29 is 47.5 Å². The Morgan fingerprint density at radius 3 is 1.55 bits per heavy atom. The Hall–Kier alpha value is -10.1. The van der Waals surface area contributed by atoms with Crippen molar-refractivity contribution in [2.75, 3.05) is 17.5 Å². The fourth-order valence-electron chi connectivity index (χ4n) is 7.69. The number of rotatable bonds is 14. The summed E-state index contributed by atoms with van der Waals surface area (Å²) in [5.41, 5.74) is 6.57. The van der Waals surface area contributed by atoms with Crippen molar-refractivity contribution in [1.29, 1.82) is 0 Å². The maximum atomic E-state index is 13.8. The summed E-state index contributed by atoms with van der Waals surface area (Å²) in [6.07, 6.45) is 1.26. The number of unbranched alkanes of at least 4 members (excludes halogenated alkanes) is 1. The first kappa shape index (κ1) is 47.4. The van der Waals surface area contributed by atoms with E-state index in [1.807, 2.05) is 12.8 Å². The predicted octanol–water partition coefficient (Wildman–Crippen LogP) is 8.24. The number of esters is 1. The van der Waals surface area contributed by atoms with Crippen LogP contribution in [0.4, 0.5) is 34.1 Å². The van der Waals surface area contributed by atoms with E-state index in [4.69, 9.17) is 9.84 Å². The van der Waals surface area contributed by atoms with Crippen LogP contribution in [0.25, 0.3) is 22.3 Å². The predicted molar refractivity (Wildman–Crippen MR) is 255 cm³/mol. The van der Waals surface area contributed by atoms with E-state index in [1.54, 1.807) is 0 Å². The fraction of sp³-hybridized carbons (Fsp3) is 0.0833. The minimum atomic E-state index is -4.17. The van der Waals surface area contributed by atoms with Gasteiger partial charge in [-0.05, 0) is 90.1 Å². The maximum absolute atomic E-state index is 13.8. The number of fused-ring (bicyclic) bond motifs is 6. The van der Waals surface area contributed by atoms with Gasteiger partial charge in [0.1, 0.15) is 0 Å². The quantitative estimate of drug-likeness (QED) is 0.0303. The fourth-order valence-corrected chi connectivity index (χ4v) is 8.95. The Kier molecular flexibility index (Phi) is 12.8. The van der Waals surface area contributed by atoms with Crippen molar-refractivity contribution in [3.63, 3.8) is 0 Å². The molecule has 8 rings (SSSR count). The molecule has 6 aromatic carbocycles. The number of anilines is 2. The molecule has 2 aliphatic rings. The molecule has 71 heavy (non-hydrogen) atoms. The molecule has 352 valence electrons. The van der Waals surface area contributed by atoms with Crippen molar-refractivity contribution in [1.82, 2.24) is 0 Å². The number of carboxylic acids is 1. The van der Waals surface area contributed by atoms with E-state index in [-0.39, 0.29) is 89.5 Å². The summed E-state index contributed by atoms with van der Waals surface area (Å²) in [6.45, 7) is 1.95. The Morgan fingerprint density at radius 2 is 1.07 bits per heavy atom. The van der Waals surface area contributed by atoms with Crippen LogP contribution in [0.2, 0.25) is 0 Å². The standard InChI is InChI=1S/C48H30N8O14S/c1-2-3-20-70-48(59)42-26-33(56(66)67)25-41-45(42)37-19-13-31(54(62)63)23-39(37)47(41)52-50-29-10-16-35(17-11-29)71(68,69)34-14-8-28(9-15-34)49-51-46-38-22-30(53(60)61)12-18-36(38)44-27(6-4-5-7-43(57)58)21-32(55(64)65)24-40(44)46/h8-19,21-26,49-50H,2-3,20H2,1H3,(H,57,58)/b51-46+,52-47+. The number of carbonyl (C=O) groups is 2. The number of carboxylic acid groups (broad SMARTS) is 1. The van der Waals surface area contributed by atoms with Gasteiger partial charge in [-0.1, -0.05) is 19.3 Å². The van der Waals surface area contributed by atoms with Crippen molar-refractivity contribution in [2.24, 2.45) is 10.2 Å². The number of aliphatic carboxylic acids is 1. The molecule has 0 atom stereocenters. The summed E-state index contributed by atoms with van der Waals surface area (Å²) >= 11 is 0. The van der Waals surface area contributed by atoms with Crippen LogP contribution < -0.4 is 10.9 Å². The number of non-ortho nitro benzene ring substituents is 4. The number of hydrazone groups is 2. The van der Waals surface area contributed by atoms with Gasteiger partial charge >= 0.3 is 11.9 Å². The summed E-state index contributed by atoms with van der Waals surface area (Å²) in [7, 11) is -4.17. The van der Waals surface area contributed by atoms with E-state index in [0.29, 0.717) is 23.1 Å². The van der Waals surface area contributed by atoms with Gasteiger partial charge in [-0.15, -0.1) is 0 Å². The first-order chi connectivity index (χ1) is 34.0. The van der Waals surface area contributed by atoms with Gasteiger partial charge in [0, 0.05) is 93.4 Å². The van der Waals surface area contributed by atoms with Gasteiger partial charge in [0.25, 0.3) is 22.7 Å². The van der Waals surface area contributed by atoms with Gasteiger partial charge in [-0.25, -0.2) is 18.0 Å². The van der Waals surface area contributed by atoms with Gasteiger partial charge in [-0.2, -0.15) is 10.2 Å². The Bertz CT molecular complexity index is 3640. The second-order valence-electron chi connectivity index (χ2n) is 15.3. The SMILES string of the molecule is CCCCOC(=O)c1cc([N+](=O)[O-])cc2c1-c1ccc([N+](=O)[O-])cc1/C2=N\Nc1ccc(S(=O)(=O)c2ccc(N/N=C3\c4cc([N+](=O)[O-])ccc4-c4c(C#CC#CC(=O)O)cc([N+](=O)[O-])cc43)cc2)cc1. The lowest BCUT2D eigenvalue weighted by molar-refractivity contribution is -0.385. The van der Waals surface area contributed by atoms with Crippen LogP contribution in [0.3, 0.4) is 0 Å². The van der Waals surface area contributed by atoms with E-state index in [9.17, 15) is 58.5 Å². The summed E-state index contributed by atoms with van der Waals surface area (Å²) in [5, 5.41) is 65.3. The summed E-state index contributed by atoms with van der Waals surface area (Å²) in [4.78, 5) is 68.8. The number of nitro groups is 4. The highest BCUT2D eigenvalue weighted by Crippen LogP contribution is 2.45. The van der Waals surface area contributed by atoms with E-state index >= 15 is 0 Å². The number of nitro benzene ring substituents is 4. The normalized spacial score (nSPS) is 12.7. The number of benzene rings is 6. The van der Waals surface area contributed by atoms with Crippen LogP contribution in [-0.2, 0) is 19.4 Å². The number of carbonyl (C=O) groups excluding carboxylic acids is 1. The molecule has 23 heteroatoms. The molecule has 3 N–H and O–H groups in total. The van der Waals surface area contributed by atoms with E-state index < -0.39 is 52.8 Å². The third-order valence-electron chi connectivity index (χ3n) is 11.0. The largest absolute Gasteiger partial charge is 0.472 e. The molecular weight excluding hydrogens is 945 g/mol. The molecule has 6 aromatic rings. The Morgan fingerprint density at radius 1 is 0.606 bits per heavy atom. The highest BCUT2D eigenvalue weighted by atomic mass is 32.2. The Labute approximate surface area is 399 Å². The minimum absolute atomic E-state index is 0.0314. The molecule has 0 heterocycles. The second-order valence-corrected chi connectivity index (χ2v) is 17.3. The molecule has 0 aromatic heterocycles. The lowest BCUT2D eigenvalue weighted by Crippen LogP contribution is -2.10. The van der Waals surface area contributed by atoms with E-state index in [0.717, 1.165) is 18.6 Å². The zero-order valence-corrected chi connectivity index (χ0v) is 37.2. The number of hydrogen-bond donors (Lipinski definition) is 3. The van der Waals surface area contributed by atoms with Gasteiger partial charge in [0.05, 0.1) is 64.5 Å². The lowest BCUT2D eigenvalue weighted by atomic mass is 9.98. The molecule has 2 aliphatic carbocycles. The van der Waals surface area contributed by atoms with Gasteiger partial charge < -0.3 is 9.84 Å². The Balaban J connectivity index is 1.07. The molecule has 22 nitrogen and oxygen atoms in total. The number of nitrogens with one attached hydrogen (secondary N) is 2. The van der Waals surface area contributed by atoms with Gasteiger partial charge in [0.2, 0.25) is 9.84 Å². The van der Waals surface area contributed by atoms with Crippen LogP contribution in [-0.4, -0.2) is 63.2 Å². The van der Waals surface area contributed by atoms with Crippen molar-refractivity contribution in [3.8, 4) is 45.9 Å². The molecule has 0 unspecified atom stereocenters. The summed E-state index contributed by atoms with van der Waals surface area (Å²) in [5.74, 6) is 6.69. The molecule has 0 fully saturated rings. The van der Waals surface area contributed by atoms with E-state index in [1.165, 1.54) is 97.1 Å². The monoisotopic (exact) mass is 974 g/mol.